The molecule has 0 radical (unpaired) electrons. The van der Waals surface area contributed by atoms with Gasteiger partial charge in [-0.3, -0.25) is 9.59 Å². The predicted molar refractivity (Wildman–Crippen MR) is 91.9 cm³/mol. The molecule has 22 heavy (non-hydrogen) atoms. The van der Waals surface area contributed by atoms with E-state index in [1.54, 1.807) is 6.08 Å². The fourth-order valence-corrected chi connectivity index (χ4v) is 2.36. The molecule has 0 aliphatic heterocycles. The third-order valence-corrected chi connectivity index (χ3v) is 3.81. The lowest BCUT2D eigenvalue weighted by molar-refractivity contribution is -0.140. The molecular formula is C19H34O3. The van der Waals surface area contributed by atoms with Crippen LogP contribution < -0.4 is 0 Å². The number of ether oxygens (including phenoxy) is 1. The topological polar surface area (TPSA) is 43.4 Å². The molecule has 0 unspecified atom stereocenters. The second-order valence-corrected chi connectivity index (χ2v) is 5.92. The van der Waals surface area contributed by atoms with Gasteiger partial charge in [0.25, 0.3) is 0 Å². The Kier molecular flexibility index (Phi) is 15.4. The van der Waals surface area contributed by atoms with E-state index in [1.807, 2.05) is 6.08 Å². The summed E-state index contributed by atoms with van der Waals surface area (Å²) in [5.41, 5.74) is 0. The molecule has 0 heterocycles. The highest BCUT2D eigenvalue weighted by atomic mass is 16.5. The molecule has 0 aliphatic rings. The van der Waals surface area contributed by atoms with Gasteiger partial charge in [-0.1, -0.05) is 57.9 Å². The minimum absolute atomic E-state index is 0.145. The van der Waals surface area contributed by atoms with Crippen molar-refractivity contribution in [1.29, 1.82) is 0 Å². The van der Waals surface area contributed by atoms with Crippen LogP contribution in [0.5, 0.6) is 0 Å². The van der Waals surface area contributed by atoms with Crippen LogP contribution in [0.3, 0.4) is 0 Å². The summed E-state index contributed by atoms with van der Waals surface area (Å²) in [4.78, 5) is 22.6. The highest BCUT2D eigenvalue weighted by molar-refractivity contribution is 5.89. The van der Waals surface area contributed by atoms with Crippen LogP contribution >= 0.6 is 0 Å². The predicted octanol–water partition coefficient (Wildman–Crippen LogP) is 5.38. The molecule has 0 saturated carbocycles. The summed E-state index contributed by atoms with van der Waals surface area (Å²) in [6, 6.07) is 0. The summed E-state index contributed by atoms with van der Waals surface area (Å²) in [5.74, 6) is 0.0904. The number of unbranched alkanes of at least 4 members (excludes halogenated alkanes) is 9. The molecule has 0 aromatic heterocycles. The molecule has 0 atom stereocenters. The lowest BCUT2D eigenvalue weighted by atomic mass is 10.1. The van der Waals surface area contributed by atoms with Gasteiger partial charge in [0.2, 0.25) is 0 Å². The quantitative estimate of drug-likeness (QED) is 0.232. The van der Waals surface area contributed by atoms with Crippen molar-refractivity contribution < 1.29 is 14.3 Å². The monoisotopic (exact) mass is 310 g/mol. The van der Waals surface area contributed by atoms with Gasteiger partial charge in [0, 0.05) is 12.8 Å². The summed E-state index contributed by atoms with van der Waals surface area (Å²) in [7, 11) is 1.42. The van der Waals surface area contributed by atoms with Crippen LogP contribution in [0, 0.1) is 0 Å². The van der Waals surface area contributed by atoms with E-state index in [2.05, 4.69) is 11.7 Å². The highest BCUT2D eigenvalue weighted by Crippen LogP contribution is 2.09. The second-order valence-electron chi connectivity index (χ2n) is 5.92. The maximum atomic E-state index is 11.6. The molecule has 0 rings (SSSR count). The third kappa shape index (κ3) is 15.3. The van der Waals surface area contributed by atoms with E-state index in [0.29, 0.717) is 12.8 Å². The Bertz CT molecular complexity index is 308. The van der Waals surface area contributed by atoms with Crippen LogP contribution in [0.15, 0.2) is 12.2 Å². The maximum absolute atomic E-state index is 11.6. The average molecular weight is 310 g/mol. The number of ketones is 1. The van der Waals surface area contributed by atoms with Crippen molar-refractivity contribution in [3.63, 3.8) is 0 Å². The van der Waals surface area contributed by atoms with E-state index in [1.165, 1.54) is 45.6 Å². The standard InChI is InChI=1S/C19H34O3/c1-3-4-5-6-7-8-9-12-15-18(20)16-13-10-11-14-17-19(21)22-2/h12,15H,3-11,13-14,16-17H2,1-2H3/b15-12-. The summed E-state index contributed by atoms with van der Waals surface area (Å²) in [6.45, 7) is 2.23. The fourth-order valence-electron chi connectivity index (χ4n) is 2.36. The van der Waals surface area contributed by atoms with E-state index in [9.17, 15) is 9.59 Å². The van der Waals surface area contributed by atoms with E-state index in [0.717, 1.165) is 32.1 Å². The lowest BCUT2D eigenvalue weighted by Gasteiger charge is -2.00. The number of methoxy groups -OCH3 is 1. The van der Waals surface area contributed by atoms with Crippen LogP contribution in [0.4, 0.5) is 0 Å². The number of hydrogen-bond acceptors (Lipinski definition) is 3. The molecule has 128 valence electrons. The number of carbonyl (C=O) groups is 2. The van der Waals surface area contributed by atoms with Crippen molar-refractivity contribution in [2.45, 2.75) is 90.4 Å². The molecular weight excluding hydrogens is 276 g/mol. The van der Waals surface area contributed by atoms with Gasteiger partial charge >= 0.3 is 5.97 Å². The molecule has 0 aromatic rings. The number of esters is 1. The molecule has 3 heteroatoms. The van der Waals surface area contributed by atoms with E-state index in [-0.39, 0.29) is 11.8 Å². The third-order valence-electron chi connectivity index (χ3n) is 3.81. The second kappa shape index (κ2) is 16.3. The Morgan fingerprint density at radius 1 is 0.818 bits per heavy atom. The Labute approximate surface area is 136 Å². The molecule has 0 fully saturated rings. The minimum Gasteiger partial charge on any atom is -0.469 e. The van der Waals surface area contributed by atoms with Crippen molar-refractivity contribution in [2.24, 2.45) is 0 Å². The van der Waals surface area contributed by atoms with E-state index in [4.69, 9.17) is 0 Å². The first kappa shape index (κ1) is 20.9. The first-order valence-corrected chi connectivity index (χ1v) is 8.97. The van der Waals surface area contributed by atoms with Gasteiger partial charge in [-0.05, 0) is 31.8 Å². The van der Waals surface area contributed by atoms with Crippen molar-refractivity contribution in [3.8, 4) is 0 Å². The molecule has 0 saturated heterocycles. The van der Waals surface area contributed by atoms with Crippen LogP contribution in [-0.2, 0) is 14.3 Å². The number of allylic oxidation sites excluding steroid dienone is 2. The minimum atomic E-state index is -0.145. The molecule has 0 bridgehead atoms. The Morgan fingerprint density at radius 3 is 2.09 bits per heavy atom. The summed E-state index contributed by atoms with van der Waals surface area (Å²) in [6.07, 6.45) is 17.5. The van der Waals surface area contributed by atoms with Crippen molar-refractivity contribution in [1.82, 2.24) is 0 Å². The van der Waals surface area contributed by atoms with Crippen LogP contribution in [0.2, 0.25) is 0 Å². The van der Waals surface area contributed by atoms with Gasteiger partial charge in [-0.2, -0.15) is 0 Å². The molecule has 0 aromatic carbocycles. The molecule has 0 aliphatic carbocycles. The van der Waals surface area contributed by atoms with Gasteiger partial charge in [-0.15, -0.1) is 0 Å². The molecule has 3 nitrogen and oxygen atoms in total. The zero-order valence-corrected chi connectivity index (χ0v) is 14.6. The molecule has 0 spiro atoms. The van der Waals surface area contributed by atoms with Crippen LogP contribution in [0.1, 0.15) is 90.4 Å². The Morgan fingerprint density at radius 2 is 1.41 bits per heavy atom. The van der Waals surface area contributed by atoms with Crippen LogP contribution in [0.25, 0.3) is 0 Å². The largest absolute Gasteiger partial charge is 0.469 e. The first-order valence-electron chi connectivity index (χ1n) is 8.97. The summed E-state index contributed by atoms with van der Waals surface area (Å²) >= 11 is 0. The zero-order valence-electron chi connectivity index (χ0n) is 14.6. The highest BCUT2D eigenvalue weighted by Gasteiger charge is 2.00. The first-order chi connectivity index (χ1) is 10.7. The SMILES string of the molecule is CCCCCCCC/C=C\C(=O)CCCCCCC(=O)OC. The Balaban J connectivity index is 3.34. The van der Waals surface area contributed by atoms with Gasteiger partial charge in [0.15, 0.2) is 5.78 Å². The van der Waals surface area contributed by atoms with Crippen molar-refractivity contribution in [3.05, 3.63) is 12.2 Å². The molecule has 0 N–H and O–H groups in total. The maximum Gasteiger partial charge on any atom is 0.305 e. The smallest absolute Gasteiger partial charge is 0.305 e. The van der Waals surface area contributed by atoms with Crippen molar-refractivity contribution in [2.75, 3.05) is 7.11 Å². The van der Waals surface area contributed by atoms with E-state index < -0.39 is 0 Å². The number of carbonyl (C=O) groups excluding carboxylic acids is 2. The number of rotatable bonds is 15. The summed E-state index contributed by atoms with van der Waals surface area (Å²) < 4.78 is 4.58. The van der Waals surface area contributed by atoms with E-state index >= 15 is 0 Å². The van der Waals surface area contributed by atoms with Gasteiger partial charge in [0.05, 0.1) is 7.11 Å². The zero-order chi connectivity index (χ0) is 16.5. The van der Waals surface area contributed by atoms with Crippen LogP contribution in [-0.4, -0.2) is 18.9 Å². The number of hydrogen-bond donors (Lipinski definition) is 0. The van der Waals surface area contributed by atoms with Gasteiger partial charge < -0.3 is 4.74 Å². The average Bonchev–Trinajstić information content (AvgIpc) is 2.52. The van der Waals surface area contributed by atoms with Crippen molar-refractivity contribution >= 4 is 11.8 Å². The summed E-state index contributed by atoms with van der Waals surface area (Å²) in [5, 5.41) is 0. The van der Waals surface area contributed by atoms with Gasteiger partial charge in [-0.25, -0.2) is 0 Å². The normalized spacial score (nSPS) is 11.0. The fraction of sp³-hybridized carbons (Fsp3) is 0.789. The molecule has 0 amide bonds. The lowest BCUT2D eigenvalue weighted by Crippen LogP contribution is -1.99. The Hall–Kier alpha value is -1.12. The van der Waals surface area contributed by atoms with Gasteiger partial charge in [0.1, 0.15) is 0 Å².